The average Bonchev–Trinajstić information content (AvgIpc) is 2.74. The van der Waals surface area contributed by atoms with Gasteiger partial charge in [-0.1, -0.05) is 24.3 Å². The molecule has 0 bridgehead atoms. The first-order valence-corrected chi connectivity index (χ1v) is 10.4. The van der Waals surface area contributed by atoms with Gasteiger partial charge in [-0.3, -0.25) is 4.98 Å². The first-order valence-electron chi connectivity index (χ1n) is 10.4. The molecule has 0 spiro atoms. The maximum absolute atomic E-state index is 14.6. The molecule has 0 aliphatic carbocycles. The molecule has 1 unspecified atom stereocenters. The van der Waals surface area contributed by atoms with Crippen LogP contribution in [0.1, 0.15) is 60.5 Å². The van der Waals surface area contributed by atoms with Gasteiger partial charge in [0.15, 0.2) is 0 Å². The van der Waals surface area contributed by atoms with Gasteiger partial charge in [-0.15, -0.1) is 24.8 Å². The summed E-state index contributed by atoms with van der Waals surface area (Å²) in [6.45, 7) is 5.72. The number of piperidine rings is 1. The van der Waals surface area contributed by atoms with E-state index >= 15 is 0 Å². The molecule has 2 heterocycles. The number of nitrogens with zero attached hydrogens (tertiary/aromatic N) is 1. The first kappa shape index (κ1) is 26.2. The van der Waals surface area contributed by atoms with E-state index in [9.17, 15) is 13.2 Å². The topological polar surface area (TPSA) is 37.0 Å². The third kappa shape index (κ3) is 5.48. The van der Waals surface area contributed by atoms with Crippen LogP contribution in [0.25, 0.3) is 10.9 Å². The van der Waals surface area contributed by atoms with Gasteiger partial charge in [0.1, 0.15) is 5.82 Å². The van der Waals surface area contributed by atoms with E-state index in [1.165, 1.54) is 11.6 Å². The Morgan fingerprint density at radius 2 is 1.72 bits per heavy atom. The number of benzene rings is 2. The summed E-state index contributed by atoms with van der Waals surface area (Å²) < 4.78 is 40.9. The Balaban J connectivity index is 0.00000181. The van der Waals surface area contributed by atoms with Crippen molar-refractivity contribution in [2.75, 3.05) is 18.4 Å². The number of pyridine rings is 1. The zero-order valence-electron chi connectivity index (χ0n) is 18.0. The predicted molar refractivity (Wildman–Crippen MR) is 129 cm³/mol. The summed E-state index contributed by atoms with van der Waals surface area (Å²) in [5.74, 6) is -0.347. The van der Waals surface area contributed by atoms with Crippen LogP contribution in [0.4, 0.5) is 18.9 Å². The molecule has 8 heteroatoms. The van der Waals surface area contributed by atoms with E-state index in [-0.39, 0.29) is 30.4 Å². The number of hydrogen-bond donors (Lipinski definition) is 2. The van der Waals surface area contributed by atoms with Crippen LogP contribution in [0.2, 0.25) is 0 Å². The second kappa shape index (κ2) is 11.2. The number of hydrogen-bond acceptors (Lipinski definition) is 3. The van der Waals surface area contributed by atoms with Crippen molar-refractivity contribution >= 4 is 41.4 Å². The van der Waals surface area contributed by atoms with Crippen molar-refractivity contribution in [3.8, 4) is 0 Å². The fraction of sp³-hybridized carbons (Fsp3) is 0.375. The van der Waals surface area contributed by atoms with Crippen molar-refractivity contribution in [3.63, 3.8) is 0 Å². The van der Waals surface area contributed by atoms with Gasteiger partial charge >= 0.3 is 0 Å². The Bertz CT molecular complexity index is 1060. The summed E-state index contributed by atoms with van der Waals surface area (Å²) in [6.07, 6.45) is -0.653. The smallest absolute Gasteiger partial charge is 0.266 e. The molecule has 1 aliphatic heterocycles. The fourth-order valence-electron chi connectivity index (χ4n) is 4.29. The number of anilines is 1. The molecule has 32 heavy (non-hydrogen) atoms. The van der Waals surface area contributed by atoms with Crippen LogP contribution >= 0.6 is 24.8 Å². The van der Waals surface area contributed by atoms with Crippen LogP contribution in [-0.4, -0.2) is 18.1 Å². The Kier molecular flexibility index (Phi) is 9.19. The molecule has 0 amide bonds. The van der Waals surface area contributed by atoms with Crippen molar-refractivity contribution in [3.05, 3.63) is 70.7 Å². The molecule has 1 saturated heterocycles. The lowest BCUT2D eigenvalue weighted by Gasteiger charge is -2.24. The molecule has 2 N–H and O–H groups in total. The molecule has 1 atom stereocenters. The summed E-state index contributed by atoms with van der Waals surface area (Å²) in [4.78, 5) is 4.63. The van der Waals surface area contributed by atoms with Gasteiger partial charge in [-0.2, -0.15) is 0 Å². The lowest BCUT2D eigenvalue weighted by atomic mass is 9.89. The van der Waals surface area contributed by atoms with E-state index in [1.807, 2.05) is 19.1 Å². The molecule has 3 nitrogen and oxygen atoms in total. The van der Waals surface area contributed by atoms with Crippen molar-refractivity contribution in [2.24, 2.45) is 0 Å². The number of halogens is 5. The molecule has 0 saturated carbocycles. The Hall–Kier alpha value is -2.02. The maximum Gasteiger partial charge on any atom is 0.266 e. The van der Waals surface area contributed by atoms with Gasteiger partial charge in [0.25, 0.3) is 6.43 Å². The molecular formula is C24H28Cl2F3N3. The predicted octanol–water partition coefficient (Wildman–Crippen LogP) is 7.10. The first-order chi connectivity index (χ1) is 14.4. The Morgan fingerprint density at radius 3 is 2.41 bits per heavy atom. The van der Waals surface area contributed by atoms with Crippen LogP contribution in [0.15, 0.2) is 42.5 Å². The van der Waals surface area contributed by atoms with Gasteiger partial charge < -0.3 is 10.6 Å². The normalized spacial score (nSPS) is 15.2. The number of nitrogens with one attached hydrogen (secondary N) is 2. The number of aromatic nitrogens is 1. The molecule has 2 aromatic carbocycles. The fourth-order valence-corrected chi connectivity index (χ4v) is 4.29. The van der Waals surface area contributed by atoms with Gasteiger partial charge in [-0.25, -0.2) is 13.2 Å². The number of fused-ring (bicyclic) bond motifs is 1. The van der Waals surface area contributed by atoms with E-state index in [1.54, 1.807) is 13.0 Å². The molecule has 1 aliphatic rings. The molecule has 1 fully saturated rings. The summed E-state index contributed by atoms with van der Waals surface area (Å²) in [7, 11) is 0. The van der Waals surface area contributed by atoms with Gasteiger partial charge in [-0.05, 0) is 69.5 Å². The van der Waals surface area contributed by atoms with E-state index in [0.29, 0.717) is 5.92 Å². The molecule has 0 radical (unpaired) electrons. The van der Waals surface area contributed by atoms with E-state index < -0.39 is 23.8 Å². The highest BCUT2D eigenvalue weighted by Gasteiger charge is 2.21. The third-order valence-corrected chi connectivity index (χ3v) is 5.90. The van der Waals surface area contributed by atoms with Crippen LogP contribution in [0.5, 0.6) is 0 Å². The SMILES string of the molecule is Cc1cc(NC(C)c2cccc(C(F)F)c2F)c2cc(C3CCNCC3)ccc2n1.Cl.Cl. The summed E-state index contributed by atoms with van der Waals surface area (Å²) in [5.41, 5.74) is 3.48. The quantitative estimate of drug-likeness (QED) is 0.404. The number of rotatable bonds is 5. The van der Waals surface area contributed by atoms with E-state index in [4.69, 9.17) is 0 Å². The van der Waals surface area contributed by atoms with Crippen molar-refractivity contribution in [1.82, 2.24) is 10.3 Å². The highest BCUT2D eigenvalue weighted by Crippen LogP contribution is 2.34. The van der Waals surface area contributed by atoms with Gasteiger partial charge in [0.05, 0.1) is 17.1 Å². The second-order valence-electron chi connectivity index (χ2n) is 8.03. The average molecular weight is 486 g/mol. The van der Waals surface area contributed by atoms with E-state index in [2.05, 4.69) is 27.8 Å². The standard InChI is InChI=1S/C24H26F3N3.2ClH/c1-14-12-22(30-15(2)18-4-3-5-19(23(18)25)24(26)27)20-13-17(6-7-21(20)29-14)16-8-10-28-11-9-16;;/h3-7,12-13,15-16,24,28H,8-11H2,1-2H3,(H,29,30);2*1H. The van der Waals surface area contributed by atoms with Gasteiger partial charge in [0.2, 0.25) is 0 Å². The lowest BCUT2D eigenvalue weighted by Crippen LogP contribution is -2.26. The van der Waals surface area contributed by atoms with Crippen molar-refractivity contribution in [1.29, 1.82) is 0 Å². The molecule has 174 valence electrons. The van der Waals surface area contributed by atoms with E-state index in [0.717, 1.165) is 54.3 Å². The molecule has 4 rings (SSSR count). The molecular weight excluding hydrogens is 458 g/mol. The Labute approximate surface area is 199 Å². The zero-order valence-corrected chi connectivity index (χ0v) is 19.6. The van der Waals surface area contributed by atoms with Crippen LogP contribution in [0, 0.1) is 12.7 Å². The van der Waals surface area contributed by atoms with Crippen molar-refractivity contribution < 1.29 is 13.2 Å². The molecule has 3 aromatic rings. The van der Waals surface area contributed by atoms with Gasteiger partial charge in [0, 0.05) is 22.3 Å². The second-order valence-corrected chi connectivity index (χ2v) is 8.03. The highest BCUT2D eigenvalue weighted by molar-refractivity contribution is 5.92. The van der Waals surface area contributed by atoms with Crippen LogP contribution < -0.4 is 10.6 Å². The Morgan fingerprint density at radius 1 is 1.03 bits per heavy atom. The summed E-state index contributed by atoms with van der Waals surface area (Å²) in [6, 6.07) is 12.0. The minimum atomic E-state index is -2.84. The minimum absolute atomic E-state index is 0. The van der Waals surface area contributed by atoms with Crippen LogP contribution in [-0.2, 0) is 0 Å². The number of aryl methyl sites for hydroxylation is 1. The zero-order chi connectivity index (χ0) is 21.3. The lowest BCUT2D eigenvalue weighted by molar-refractivity contribution is 0.146. The maximum atomic E-state index is 14.6. The van der Waals surface area contributed by atoms with Crippen molar-refractivity contribution in [2.45, 2.75) is 45.1 Å². The highest BCUT2D eigenvalue weighted by atomic mass is 35.5. The monoisotopic (exact) mass is 485 g/mol. The summed E-state index contributed by atoms with van der Waals surface area (Å²) in [5, 5.41) is 7.70. The van der Waals surface area contributed by atoms with Crippen LogP contribution in [0.3, 0.4) is 0 Å². The summed E-state index contributed by atoms with van der Waals surface area (Å²) >= 11 is 0. The largest absolute Gasteiger partial charge is 0.378 e. The molecule has 1 aromatic heterocycles. The minimum Gasteiger partial charge on any atom is -0.378 e. The third-order valence-electron chi connectivity index (χ3n) is 5.90. The number of alkyl halides is 2.